The lowest BCUT2D eigenvalue weighted by atomic mass is 10.1. The SMILES string of the molecule is FC(F)(Cl)c1cccc(CCl)c1. The van der Waals surface area contributed by atoms with Gasteiger partial charge in [0.15, 0.2) is 0 Å². The molecule has 0 unspecified atom stereocenters. The highest BCUT2D eigenvalue weighted by molar-refractivity contribution is 6.21. The van der Waals surface area contributed by atoms with Gasteiger partial charge in [-0.05, 0) is 23.2 Å². The molecule has 0 N–H and O–H groups in total. The van der Waals surface area contributed by atoms with Crippen LogP contribution >= 0.6 is 23.2 Å². The molecule has 1 aromatic carbocycles. The summed E-state index contributed by atoms with van der Waals surface area (Å²) in [6.45, 7) is 0. The molecule has 0 heterocycles. The highest BCUT2D eigenvalue weighted by Crippen LogP contribution is 2.32. The van der Waals surface area contributed by atoms with E-state index in [9.17, 15) is 8.78 Å². The highest BCUT2D eigenvalue weighted by atomic mass is 35.5. The van der Waals surface area contributed by atoms with Crippen molar-refractivity contribution in [2.75, 3.05) is 0 Å². The van der Waals surface area contributed by atoms with Gasteiger partial charge >= 0.3 is 5.38 Å². The molecule has 0 aliphatic carbocycles. The van der Waals surface area contributed by atoms with Gasteiger partial charge in [0.05, 0.1) is 0 Å². The third-order valence-electron chi connectivity index (χ3n) is 1.41. The second-order valence-electron chi connectivity index (χ2n) is 2.33. The first kappa shape index (κ1) is 9.75. The standard InChI is InChI=1S/C8H6Cl2F2/c9-5-6-2-1-3-7(4-6)8(10,11)12/h1-4H,5H2. The first-order valence-electron chi connectivity index (χ1n) is 3.26. The molecular weight excluding hydrogens is 205 g/mol. The monoisotopic (exact) mass is 210 g/mol. The molecule has 0 aromatic heterocycles. The number of hydrogen-bond donors (Lipinski definition) is 0. The molecule has 0 aliphatic rings. The lowest BCUT2D eigenvalue weighted by Crippen LogP contribution is -2.03. The van der Waals surface area contributed by atoms with E-state index in [1.807, 2.05) is 0 Å². The van der Waals surface area contributed by atoms with E-state index in [0.29, 0.717) is 5.56 Å². The van der Waals surface area contributed by atoms with Crippen LogP contribution in [0.25, 0.3) is 0 Å². The van der Waals surface area contributed by atoms with Crippen molar-refractivity contribution in [1.29, 1.82) is 0 Å². The molecule has 0 bridgehead atoms. The van der Waals surface area contributed by atoms with E-state index < -0.39 is 5.38 Å². The van der Waals surface area contributed by atoms with Crippen molar-refractivity contribution in [2.45, 2.75) is 11.3 Å². The van der Waals surface area contributed by atoms with E-state index in [-0.39, 0.29) is 11.4 Å². The Bertz CT molecular complexity index is 268. The molecule has 0 saturated carbocycles. The lowest BCUT2D eigenvalue weighted by molar-refractivity contribution is 0.0950. The van der Waals surface area contributed by atoms with E-state index >= 15 is 0 Å². The van der Waals surface area contributed by atoms with Crippen molar-refractivity contribution in [3.05, 3.63) is 35.4 Å². The van der Waals surface area contributed by atoms with Crippen LogP contribution < -0.4 is 0 Å². The molecule has 0 radical (unpaired) electrons. The molecule has 4 heteroatoms. The predicted molar refractivity (Wildman–Crippen MR) is 45.7 cm³/mol. The smallest absolute Gasteiger partial charge is 0.183 e. The van der Waals surface area contributed by atoms with Crippen LogP contribution in [0.1, 0.15) is 11.1 Å². The molecule has 0 atom stereocenters. The van der Waals surface area contributed by atoms with Gasteiger partial charge in [-0.1, -0.05) is 18.2 Å². The van der Waals surface area contributed by atoms with E-state index in [0.717, 1.165) is 0 Å². The molecule has 66 valence electrons. The summed E-state index contributed by atoms with van der Waals surface area (Å²) >= 11 is 10.3. The summed E-state index contributed by atoms with van der Waals surface area (Å²) < 4.78 is 25.0. The van der Waals surface area contributed by atoms with Crippen LogP contribution in [0.15, 0.2) is 24.3 Å². The Morgan fingerprint density at radius 3 is 2.50 bits per heavy atom. The first-order valence-corrected chi connectivity index (χ1v) is 4.17. The zero-order valence-corrected chi connectivity index (χ0v) is 7.54. The Labute approximate surface area is 79.1 Å². The number of alkyl halides is 4. The fourth-order valence-corrected chi connectivity index (χ4v) is 1.11. The summed E-state index contributed by atoms with van der Waals surface area (Å²) in [5.74, 6) is 0.209. The highest BCUT2D eigenvalue weighted by Gasteiger charge is 2.27. The maximum atomic E-state index is 12.5. The summed E-state index contributed by atoms with van der Waals surface area (Å²) in [4.78, 5) is 0. The summed E-state index contributed by atoms with van der Waals surface area (Å²) in [7, 11) is 0. The molecule has 1 aromatic rings. The van der Waals surface area contributed by atoms with Crippen molar-refractivity contribution in [3.8, 4) is 0 Å². The molecule has 12 heavy (non-hydrogen) atoms. The topological polar surface area (TPSA) is 0 Å². The van der Waals surface area contributed by atoms with Gasteiger partial charge in [0, 0.05) is 11.4 Å². The van der Waals surface area contributed by atoms with Gasteiger partial charge in [-0.2, -0.15) is 8.78 Å². The van der Waals surface area contributed by atoms with Crippen molar-refractivity contribution in [2.24, 2.45) is 0 Å². The van der Waals surface area contributed by atoms with Gasteiger partial charge in [-0.3, -0.25) is 0 Å². The summed E-state index contributed by atoms with van der Waals surface area (Å²) in [6.07, 6.45) is 0. The van der Waals surface area contributed by atoms with E-state index in [2.05, 4.69) is 0 Å². The minimum atomic E-state index is -3.30. The Hall–Kier alpha value is -0.340. The largest absolute Gasteiger partial charge is 0.348 e. The van der Waals surface area contributed by atoms with Crippen molar-refractivity contribution < 1.29 is 8.78 Å². The number of hydrogen-bond acceptors (Lipinski definition) is 0. The van der Waals surface area contributed by atoms with Gasteiger partial charge in [-0.25, -0.2) is 0 Å². The molecule has 0 amide bonds. The van der Waals surface area contributed by atoms with Crippen LogP contribution in [0.4, 0.5) is 8.78 Å². The van der Waals surface area contributed by atoms with Crippen molar-refractivity contribution in [1.82, 2.24) is 0 Å². The Kier molecular flexibility index (Phi) is 2.91. The molecule has 1 rings (SSSR count). The van der Waals surface area contributed by atoms with E-state index in [1.54, 1.807) is 6.07 Å². The van der Waals surface area contributed by atoms with Crippen LogP contribution in [-0.4, -0.2) is 0 Å². The second kappa shape index (κ2) is 3.58. The number of rotatable bonds is 2. The van der Waals surface area contributed by atoms with Crippen molar-refractivity contribution in [3.63, 3.8) is 0 Å². The Morgan fingerprint density at radius 2 is 2.00 bits per heavy atom. The molecule has 0 aliphatic heterocycles. The maximum Gasteiger partial charge on any atom is 0.348 e. The average molecular weight is 211 g/mol. The first-order chi connectivity index (χ1) is 5.54. The summed E-state index contributed by atoms with van der Waals surface area (Å²) in [5.41, 5.74) is 0.414. The third-order valence-corrected chi connectivity index (χ3v) is 1.94. The summed E-state index contributed by atoms with van der Waals surface area (Å²) in [5, 5.41) is -3.30. The van der Waals surface area contributed by atoms with Crippen LogP contribution in [-0.2, 0) is 11.3 Å². The van der Waals surface area contributed by atoms with Crippen LogP contribution in [0.2, 0.25) is 0 Å². The van der Waals surface area contributed by atoms with Gasteiger partial charge in [0.25, 0.3) is 0 Å². The molecule has 0 fully saturated rings. The minimum absolute atomic E-state index is 0.209. The number of benzene rings is 1. The van der Waals surface area contributed by atoms with Crippen LogP contribution in [0, 0.1) is 0 Å². The predicted octanol–water partition coefficient (Wildman–Crippen LogP) is 3.71. The Balaban J connectivity index is 3.02. The van der Waals surface area contributed by atoms with Crippen LogP contribution in [0.5, 0.6) is 0 Å². The third kappa shape index (κ3) is 2.32. The fraction of sp³-hybridized carbons (Fsp3) is 0.250. The quantitative estimate of drug-likeness (QED) is 0.654. The normalized spacial score (nSPS) is 11.7. The van der Waals surface area contributed by atoms with Gasteiger partial charge in [0.1, 0.15) is 0 Å². The van der Waals surface area contributed by atoms with E-state index in [4.69, 9.17) is 23.2 Å². The molecule has 0 nitrogen and oxygen atoms in total. The average Bonchev–Trinajstić information content (AvgIpc) is 2.03. The maximum absolute atomic E-state index is 12.5. The number of halogens is 4. The molecule has 0 saturated heterocycles. The molecule has 0 spiro atoms. The van der Waals surface area contributed by atoms with Gasteiger partial charge in [0.2, 0.25) is 0 Å². The zero-order valence-electron chi connectivity index (χ0n) is 6.03. The summed E-state index contributed by atoms with van der Waals surface area (Å²) in [6, 6.07) is 5.73. The van der Waals surface area contributed by atoms with Crippen molar-refractivity contribution >= 4 is 23.2 Å². The second-order valence-corrected chi connectivity index (χ2v) is 3.07. The lowest BCUT2D eigenvalue weighted by Gasteiger charge is -2.08. The van der Waals surface area contributed by atoms with E-state index in [1.165, 1.54) is 18.2 Å². The zero-order chi connectivity index (χ0) is 9.19. The van der Waals surface area contributed by atoms with Gasteiger partial charge in [-0.15, -0.1) is 11.6 Å². The molecular formula is C8H6Cl2F2. The van der Waals surface area contributed by atoms with Crippen LogP contribution in [0.3, 0.4) is 0 Å². The fourth-order valence-electron chi connectivity index (χ4n) is 0.831. The van der Waals surface area contributed by atoms with Gasteiger partial charge < -0.3 is 0 Å². The minimum Gasteiger partial charge on any atom is -0.183 e. The Morgan fingerprint density at radius 1 is 1.33 bits per heavy atom.